The van der Waals surface area contributed by atoms with Gasteiger partial charge in [0.2, 0.25) is 0 Å². The smallest absolute Gasteiger partial charge is 0.870 e. The van der Waals surface area contributed by atoms with Gasteiger partial charge in [0.05, 0.1) is 5.09 Å². The van der Waals surface area contributed by atoms with E-state index < -0.39 is 5.09 Å². The van der Waals surface area contributed by atoms with Gasteiger partial charge in [0, 0.05) is 0 Å². The van der Waals surface area contributed by atoms with Gasteiger partial charge < -0.3 is 20.8 Å². The molecular formula is HLi2NO4. The van der Waals surface area contributed by atoms with E-state index in [2.05, 4.69) is 0 Å². The largest absolute Gasteiger partial charge is 1.00 e. The van der Waals surface area contributed by atoms with Crippen LogP contribution in [0.3, 0.4) is 0 Å². The molecule has 1 N–H and O–H groups in total. The fraction of sp³-hybridized carbons (Fsp3) is 0. The van der Waals surface area contributed by atoms with E-state index in [9.17, 15) is 0 Å². The third kappa shape index (κ3) is 957. The van der Waals surface area contributed by atoms with Gasteiger partial charge in [0.25, 0.3) is 0 Å². The van der Waals surface area contributed by atoms with Crippen molar-refractivity contribution in [2.24, 2.45) is 0 Å². The molecule has 0 fully saturated rings. The first-order valence-corrected chi connectivity index (χ1v) is 0.548. The van der Waals surface area contributed by atoms with Gasteiger partial charge in [-0.25, -0.2) is 0 Å². The van der Waals surface area contributed by atoms with Gasteiger partial charge in [-0.1, -0.05) is 0 Å². The Morgan fingerprint density at radius 3 is 1.14 bits per heavy atom. The molecule has 0 radical (unpaired) electrons. The maximum Gasteiger partial charge on any atom is 1.00 e. The maximum absolute atomic E-state index is 8.25. The molecule has 0 bridgehead atoms. The summed E-state index contributed by atoms with van der Waals surface area (Å²) in [5, 5.41) is 14.8. The van der Waals surface area contributed by atoms with Crippen molar-refractivity contribution in [3.63, 3.8) is 0 Å². The van der Waals surface area contributed by atoms with Crippen molar-refractivity contribution >= 4 is 0 Å². The van der Waals surface area contributed by atoms with Crippen LogP contribution in [0.25, 0.3) is 0 Å². The summed E-state index contributed by atoms with van der Waals surface area (Å²) >= 11 is 0. The topological polar surface area (TPSA) is 96.2 Å². The van der Waals surface area contributed by atoms with Crippen LogP contribution in [-0.2, 0) is 0 Å². The molecule has 0 saturated carbocycles. The van der Waals surface area contributed by atoms with Crippen LogP contribution < -0.4 is 37.7 Å². The minimum atomic E-state index is -1.75. The number of hydrogen-bond acceptors (Lipinski definition) is 4. The average molecular weight is 92.9 g/mol. The molecule has 5 nitrogen and oxygen atoms in total. The molecular weight excluding hydrogens is 91.9 g/mol. The molecule has 0 amide bonds. The minimum Gasteiger partial charge on any atom is -0.870 e. The van der Waals surface area contributed by atoms with E-state index in [1.165, 1.54) is 0 Å². The van der Waals surface area contributed by atoms with Crippen molar-refractivity contribution in [1.82, 2.24) is 0 Å². The van der Waals surface area contributed by atoms with E-state index in [1.54, 1.807) is 0 Å². The summed E-state index contributed by atoms with van der Waals surface area (Å²) in [6.07, 6.45) is 0. The monoisotopic (exact) mass is 93.0 g/mol. The molecule has 0 aliphatic heterocycles. The van der Waals surface area contributed by atoms with Gasteiger partial charge in [-0.05, 0) is 0 Å². The Hall–Kier alpha value is 0.355. The zero-order chi connectivity index (χ0) is 3.58. The summed E-state index contributed by atoms with van der Waals surface area (Å²) in [5.74, 6) is 0. The molecule has 0 aromatic carbocycles. The molecule has 0 aliphatic rings. The molecule has 0 rings (SSSR count). The Balaban J connectivity index is -0.0000000150. The molecule has 7 heavy (non-hydrogen) atoms. The van der Waals surface area contributed by atoms with Crippen molar-refractivity contribution in [3.8, 4) is 0 Å². The van der Waals surface area contributed by atoms with Gasteiger partial charge >= 0.3 is 37.7 Å². The van der Waals surface area contributed by atoms with Gasteiger partial charge in [-0.15, -0.1) is 0 Å². The number of rotatable bonds is 0. The zero-order valence-electron chi connectivity index (χ0n) is 4.12. The van der Waals surface area contributed by atoms with E-state index in [4.69, 9.17) is 15.3 Å². The van der Waals surface area contributed by atoms with Crippen LogP contribution in [0.15, 0.2) is 0 Å². The van der Waals surface area contributed by atoms with Crippen LogP contribution in [0.1, 0.15) is 0 Å². The quantitative estimate of drug-likeness (QED) is 0.169. The van der Waals surface area contributed by atoms with Crippen LogP contribution in [0.5, 0.6) is 0 Å². The SMILES string of the molecule is O=[N+]([O-])[O-].[Li+].[Li+].[OH-]. The predicted molar refractivity (Wildman–Crippen MR) is 12.3 cm³/mol. The van der Waals surface area contributed by atoms with E-state index >= 15 is 0 Å². The second-order valence-electron chi connectivity index (χ2n) is 0.224. The van der Waals surface area contributed by atoms with Crippen molar-refractivity contribution in [2.75, 3.05) is 0 Å². The minimum absolute atomic E-state index is 0. The van der Waals surface area contributed by atoms with E-state index in [-0.39, 0.29) is 43.2 Å². The van der Waals surface area contributed by atoms with Gasteiger partial charge in [-0.3, -0.25) is 0 Å². The van der Waals surface area contributed by atoms with Crippen LogP contribution >= 0.6 is 0 Å². The second-order valence-corrected chi connectivity index (χ2v) is 0.224. The van der Waals surface area contributed by atoms with Gasteiger partial charge in [-0.2, -0.15) is 0 Å². The molecule has 32 valence electrons. The summed E-state index contributed by atoms with van der Waals surface area (Å²) in [5.41, 5.74) is 0. The molecule has 0 saturated heterocycles. The normalized spacial score (nSPS) is 3.43. The standard InChI is InChI=1S/2Li.NO3.H2O/c;;2-1(3)4;/h;;;1H2/q2*+1;-1;/p-1. The summed E-state index contributed by atoms with van der Waals surface area (Å²) in [4.78, 5) is 8.25. The van der Waals surface area contributed by atoms with Crippen molar-refractivity contribution < 1.29 is 48.3 Å². The molecule has 7 heteroatoms. The first-order valence-electron chi connectivity index (χ1n) is 0.548. The number of nitrogens with zero attached hydrogens (tertiary/aromatic N) is 1. The summed E-state index contributed by atoms with van der Waals surface area (Å²) < 4.78 is 0. The molecule has 0 aromatic rings. The van der Waals surface area contributed by atoms with E-state index in [1.807, 2.05) is 0 Å². The van der Waals surface area contributed by atoms with Crippen LogP contribution in [0.2, 0.25) is 0 Å². The fourth-order valence-corrected chi connectivity index (χ4v) is 0. The van der Waals surface area contributed by atoms with Crippen LogP contribution in [0, 0.1) is 15.3 Å². The zero-order valence-corrected chi connectivity index (χ0v) is 4.12. The Labute approximate surface area is 63.9 Å². The second kappa shape index (κ2) is 16.2. The molecule has 0 spiro atoms. The Morgan fingerprint density at radius 2 is 1.14 bits per heavy atom. The Bertz CT molecular complexity index is 32.7. The third-order valence-corrected chi connectivity index (χ3v) is 0. The molecule has 0 aliphatic carbocycles. The molecule has 0 atom stereocenters. The van der Waals surface area contributed by atoms with E-state index in [0.717, 1.165) is 0 Å². The van der Waals surface area contributed by atoms with Gasteiger partial charge in [0.1, 0.15) is 0 Å². The first kappa shape index (κ1) is 26.4. The third-order valence-electron chi connectivity index (χ3n) is 0. The summed E-state index contributed by atoms with van der Waals surface area (Å²) in [7, 11) is 0. The maximum atomic E-state index is 8.25. The Kier molecular flexibility index (Phi) is 61.0. The summed E-state index contributed by atoms with van der Waals surface area (Å²) in [6, 6.07) is 0. The molecule has 0 unspecified atom stereocenters. The van der Waals surface area contributed by atoms with Gasteiger partial charge in [0.15, 0.2) is 0 Å². The summed E-state index contributed by atoms with van der Waals surface area (Å²) in [6.45, 7) is 0. The van der Waals surface area contributed by atoms with E-state index in [0.29, 0.717) is 0 Å². The number of hydrogen-bond donors (Lipinski definition) is 0. The average Bonchev–Trinajstić information content (AvgIpc) is 0.811. The van der Waals surface area contributed by atoms with Crippen LogP contribution in [0.4, 0.5) is 0 Å². The molecule has 0 heterocycles. The first-order chi connectivity index (χ1) is 1.73. The predicted octanol–water partition coefficient (Wildman–Crippen LogP) is -6.41. The van der Waals surface area contributed by atoms with Crippen LogP contribution in [-0.4, -0.2) is 10.6 Å². The fourth-order valence-electron chi connectivity index (χ4n) is 0. The molecule has 0 aromatic heterocycles. The van der Waals surface area contributed by atoms with Crippen molar-refractivity contribution in [1.29, 1.82) is 0 Å². The van der Waals surface area contributed by atoms with Crippen molar-refractivity contribution in [2.45, 2.75) is 0 Å². The van der Waals surface area contributed by atoms with Crippen molar-refractivity contribution in [3.05, 3.63) is 15.3 Å². The Morgan fingerprint density at radius 1 is 1.14 bits per heavy atom.